The molecule has 0 unspecified atom stereocenters. The molecule has 14 nitrogen and oxygen atoms in total. The number of nitrogens with zero attached hydrogens (tertiary/aromatic N) is 1. The zero-order valence-corrected chi connectivity index (χ0v) is 32.9. The number of ether oxygens (including phenoxy) is 9. The van der Waals surface area contributed by atoms with E-state index in [1.807, 2.05) is 39.7 Å². The zero-order chi connectivity index (χ0) is 39.5. The van der Waals surface area contributed by atoms with Gasteiger partial charge in [-0.05, 0) is 81.7 Å². The Kier molecular flexibility index (Phi) is 15.5. The molecule has 3 heterocycles. The minimum Gasteiger partial charge on any atom is -0.497 e. The molecule has 54 heavy (non-hydrogen) atoms. The summed E-state index contributed by atoms with van der Waals surface area (Å²) in [7, 11) is 9.10. The highest BCUT2D eigenvalue weighted by atomic mass is 16.7. The van der Waals surface area contributed by atoms with Crippen LogP contribution in [0.25, 0.3) is 10.9 Å². The van der Waals surface area contributed by atoms with E-state index in [9.17, 15) is 9.59 Å². The zero-order valence-electron chi connectivity index (χ0n) is 32.9. The van der Waals surface area contributed by atoms with E-state index in [4.69, 9.17) is 47.4 Å². The number of carbonyl (C=O) groups excluding carboxylic acids is 3. The van der Waals surface area contributed by atoms with Gasteiger partial charge in [0, 0.05) is 56.1 Å². The Labute approximate surface area is 317 Å². The molecule has 1 aromatic heterocycles. The monoisotopic (exact) mass is 756 g/mol. The van der Waals surface area contributed by atoms with Crippen molar-refractivity contribution in [2.75, 3.05) is 69.0 Å². The van der Waals surface area contributed by atoms with Crippen LogP contribution in [0.4, 0.5) is 0 Å². The Morgan fingerprint density at radius 2 is 1.57 bits per heavy atom. The minimum absolute atomic E-state index is 0.0170. The van der Waals surface area contributed by atoms with E-state index < -0.39 is 24.1 Å². The number of hydrogen-bond donors (Lipinski definition) is 1. The third-order valence-corrected chi connectivity index (χ3v) is 10.6. The third kappa shape index (κ3) is 8.94. The second kappa shape index (κ2) is 19.8. The Balaban J connectivity index is 0.000000578. The summed E-state index contributed by atoms with van der Waals surface area (Å²) < 4.78 is 49.2. The van der Waals surface area contributed by atoms with Crippen molar-refractivity contribution in [1.29, 1.82) is 0 Å². The summed E-state index contributed by atoms with van der Waals surface area (Å²) in [6.45, 7) is 10.9. The lowest BCUT2D eigenvalue weighted by Gasteiger charge is -2.52. The number of nitrogens with one attached hydrogen (secondary N) is 1. The van der Waals surface area contributed by atoms with Gasteiger partial charge in [0.2, 0.25) is 5.75 Å². The second-order valence-electron chi connectivity index (χ2n) is 13.2. The van der Waals surface area contributed by atoms with Gasteiger partial charge in [0.15, 0.2) is 17.8 Å². The van der Waals surface area contributed by atoms with Crippen molar-refractivity contribution in [2.24, 2.45) is 17.8 Å². The predicted octanol–water partition coefficient (Wildman–Crippen LogP) is 5.39. The summed E-state index contributed by atoms with van der Waals surface area (Å²) in [6, 6.07) is 9.40. The first-order valence-electron chi connectivity index (χ1n) is 18.2. The molecule has 14 heteroatoms. The second-order valence-corrected chi connectivity index (χ2v) is 13.2. The Morgan fingerprint density at radius 1 is 0.907 bits per heavy atom. The van der Waals surface area contributed by atoms with Crippen molar-refractivity contribution in [3.05, 3.63) is 47.2 Å². The number of rotatable bonds is 12. The number of esters is 2. The molecule has 0 bridgehead atoms. The quantitative estimate of drug-likeness (QED) is 0.186. The minimum atomic E-state index is -0.670. The molecular formula is C40H56N2O12. The van der Waals surface area contributed by atoms with Crippen molar-refractivity contribution < 1.29 is 57.0 Å². The summed E-state index contributed by atoms with van der Waals surface area (Å²) in [5.41, 5.74) is 3.83. The van der Waals surface area contributed by atoms with Gasteiger partial charge in [-0.3, -0.25) is 9.69 Å². The summed E-state index contributed by atoms with van der Waals surface area (Å²) in [6.07, 6.45) is 0.883. The molecule has 1 saturated carbocycles. The molecule has 1 N–H and O–H groups in total. The van der Waals surface area contributed by atoms with E-state index in [0.717, 1.165) is 50.4 Å². The van der Waals surface area contributed by atoms with E-state index in [0.29, 0.717) is 23.7 Å². The fourth-order valence-corrected chi connectivity index (χ4v) is 8.28. The standard InChI is InChI=1S/C33H40N2O9.C6H14O2.CH2O/c1-38-19-7-8-20-21-9-10-35-16-18-13-27(44-32(36)17-11-25(39-2)30(41-4)26(12-17)40-3)31(42-5)28(33(37)43-6)22(18)15-24(35)29(21)34-23(20)14-19;1-4-7-6(3)8-5-2;1-2/h7-8,11-12,14,18,22,24,27-28,31,34H,9-10,13,15-16H2,1-6H3;6H,4-5H2,1-3H3;1H2/t18-,22+,24-,27-,28+,31+;;/m1../s1. The first-order valence-corrected chi connectivity index (χ1v) is 18.2. The highest BCUT2D eigenvalue weighted by Crippen LogP contribution is 2.51. The predicted molar refractivity (Wildman–Crippen MR) is 201 cm³/mol. The number of aromatic nitrogens is 1. The van der Waals surface area contributed by atoms with Crippen LogP contribution in [-0.4, -0.2) is 116 Å². The van der Waals surface area contributed by atoms with Crippen LogP contribution in [0.2, 0.25) is 0 Å². The van der Waals surface area contributed by atoms with Gasteiger partial charge in [0.1, 0.15) is 24.7 Å². The number of H-pyrrole nitrogens is 1. The lowest BCUT2D eigenvalue weighted by atomic mass is 9.63. The highest BCUT2D eigenvalue weighted by Gasteiger charge is 2.54. The number of aromatic amines is 1. The summed E-state index contributed by atoms with van der Waals surface area (Å²) in [4.78, 5) is 41.1. The van der Waals surface area contributed by atoms with Crippen molar-refractivity contribution in [2.45, 2.75) is 64.6 Å². The number of piperidine rings is 1. The van der Waals surface area contributed by atoms with Gasteiger partial charge in [-0.1, -0.05) is 0 Å². The van der Waals surface area contributed by atoms with Crippen LogP contribution >= 0.6 is 0 Å². The topological polar surface area (TPSA) is 153 Å². The van der Waals surface area contributed by atoms with E-state index in [1.54, 1.807) is 26.4 Å². The van der Waals surface area contributed by atoms with Gasteiger partial charge >= 0.3 is 11.9 Å². The molecule has 1 aliphatic carbocycles. The number of fused-ring (bicyclic) bond motifs is 6. The summed E-state index contributed by atoms with van der Waals surface area (Å²) >= 11 is 0. The maximum atomic E-state index is 13.5. The SMILES string of the molecule is C=O.CCOC(C)OCC.COC(=O)[C@H]1[C@H]2C[C@@H]3c4[nH]c5cc(OC)ccc5c4CCN3C[C@H]2C[C@@H](OC(=O)c2cc(OC)c(OC)c(OC)c2)[C@@H]1OC. The summed E-state index contributed by atoms with van der Waals surface area (Å²) in [5, 5.41) is 1.21. The first-order chi connectivity index (χ1) is 26.2. The molecule has 0 spiro atoms. The van der Waals surface area contributed by atoms with Gasteiger partial charge in [-0.2, -0.15) is 0 Å². The molecule has 2 aliphatic heterocycles. The molecule has 2 aromatic carbocycles. The van der Waals surface area contributed by atoms with Crippen LogP contribution in [-0.2, 0) is 39.7 Å². The third-order valence-electron chi connectivity index (χ3n) is 10.6. The Hall–Kier alpha value is -4.37. The van der Waals surface area contributed by atoms with E-state index in [2.05, 4.69) is 16.0 Å². The van der Waals surface area contributed by atoms with Crippen molar-refractivity contribution in [1.82, 2.24) is 9.88 Å². The van der Waals surface area contributed by atoms with Crippen LogP contribution < -0.4 is 18.9 Å². The molecule has 0 amide bonds. The molecule has 3 aromatic rings. The Bertz CT molecular complexity index is 1660. The Morgan fingerprint density at radius 3 is 2.13 bits per heavy atom. The van der Waals surface area contributed by atoms with Crippen LogP contribution in [0.5, 0.6) is 23.0 Å². The van der Waals surface area contributed by atoms with Gasteiger partial charge < -0.3 is 52.4 Å². The van der Waals surface area contributed by atoms with E-state index in [-0.39, 0.29) is 35.7 Å². The molecule has 0 radical (unpaired) electrons. The molecule has 1 saturated heterocycles. The van der Waals surface area contributed by atoms with E-state index in [1.165, 1.54) is 45.1 Å². The summed E-state index contributed by atoms with van der Waals surface area (Å²) in [5.74, 6) is 0.441. The van der Waals surface area contributed by atoms with Crippen molar-refractivity contribution >= 4 is 29.6 Å². The number of methoxy groups -OCH3 is 6. The fraction of sp³-hybridized carbons (Fsp3) is 0.575. The maximum Gasteiger partial charge on any atom is 0.338 e. The lowest BCUT2D eigenvalue weighted by Crippen LogP contribution is -2.58. The molecule has 6 rings (SSSR count). The van der Waals surface area contributed by atoms with Crippen LogP contribution in [0.1, 0.15) is 61.3 Å². The normalized spacial score (nSPS) is 22.9. The van der Waals surface area contributed by atoms with Gasteiger partial charge in [0.25, 0.3) is 0 Å². The van der Waals surface area contributed by atoms with Crippen LogP contribution in [0.15, 0.2) is 30.3 Å². The molecular weight excluding hydrogens is 700 g/mol. The van der Waals surface area contributed by atoms with Crippen molar-refractivity contribution in [3.8, 4) is 23.0 Å². The number of carbonyl (C=O) groups is 3. The highest BCUT2D eigenvalue weighted by molar-refractivity contribution is 5.91. The largest absolute Gasteiger partial charge is 0.497 e. The lowest BCUT2D eigenvalue weighted by molar-refractivity contribution is -0.176. The van der Waals surface area contributed by atoms with Gasteiger partial charge in [-0.25, -0.2) is 4.79 Å². The van der Waals surface area contributed by atoms with Crippen LogP contribution in [0, 0.1) is 17.8 Å². The van der Waals surface area contributed by atoms with Gasteiger partial charge in [-0.15, -0.1) is 0 Å². The average Bonchev–Trinajstić information content (AvgIpc) is 3.58. The van der Waals surface area contributed by atoms with Crippen LogP contribution in [0.3, 0.4) is 0 Å². The molecule has 3 aliphatic rings. The fourth-order valence-electron chi connectivity index (χ4n) is 8.28. The van der Waals surface area contributed by atoms with Gasteiger partial charge in [0.05, 0.1) is 53.1 Å². The smallest absolute Gasteiger partial charge is 0.338 e. The molecule has 6 atom stereocenters. The molecule has 2 fully saturated rings. The maximum absolute atomic E-state index is 13.5. The first kappa shape index (κ1) is 42.4. The number of hydrogen-bond acceptors (Lipinski definition) is 13. The molecule has 298 valence electrons. The number of benzene rings is 2. The van der Waals surface area contributed by atoms with Crippen molar-refractivity contribution in [3.63, 3.8) is 0 Å². The van der Waals surface area contributed by atoms with E-state index >= 15 is 0 Å². The average molecular weight is 757 g/mol.